The van der Waals surface area contributed by atoms with Crippen molar-refractivity contribution in [3.63, 3.8) is 0 Å². The lowest BCUT2D eigenvalue weighted by Crippen LogP contribution is -2.61. The molecule has 0 amide bonds. The quantitative estimate of drug-likeness (QED) is 0.160. The number of nitrogens with zero attached hydrogens (tertiary/aromatic N) is 2. The second-order valence-corrected chi connectivity index (χ2v) is 26.2. The van der Waals surface area contributed by atoms with Gasteiger partial charge in [0.2, 0.25) is 0 Å². The fourth-order valence-corrected chi connectivity index (χ4v) is 14.6. The molecular weight excluding hydrogens is 816 g/mol. The maximum atomic E-state index is 2.72. The zero-order valence-electron chi connectivity index (χ0n) is 42.0. The Bertz CT molecular complexity index is 3260. The summed E-state index contributed by atoms with van der Waals surface area (Å²) in [6, 6.07) is 41.7. The molecule has 2 nitrogen and oxygen atoms in total. The van der Waals surface area contributed by atoms with E-state index in [-0.39, 0.29) is 39.2 Å². The van der Waals surface area contributed by atoms with Crippen molar-refractivity contribution in [2.24, 2.45) is 0 Å². The second kappa shape index (κ2) is 13.3. The van der Waals surface area contributed by atoms with Gasteiger partial charge in [-0.1, -0.05) is 145 Å². The molecule has 4 heteroatoms. The molecule has 0 unspecified atom stereocenters. The predicted octanol–water partition coefficient (Wildman–Crippen LogP) is 15.6. The summed E-state index contributed by atoms with van der Waals surface area (Å²) in [7, 11) is 0. The number of benzene rings is 6. The topological polar surface area (TPSA) is 6.48 Å². The van der Waals surface area contributed by atoms with Crippen molar-refractivity contribution < 1.29 is 0 Å². The van der Waals surface area contributed by atoms with Gasteiger partial charge in [-0.2, -0.15) is 0 Å². The van der Waals surface area contributed by atoms with Crippen molar-refractivity contribution >= 4 is 78.0 Å². The maximum absolute atomic E-state index is 2.72. The standard InChI is InChI=1S/C62H67BN2S/c1-36-30-50-55-51(31-36)65(49-21-17-20-43-53(49)39-18-15-16-19-41(39)62(43,13)14)48-25-22-37(57(2,3)4)32-47(48)63(55)54-40-34-45-46(61(11,12)29-28-60(45,9)10)35-52(40)66-56(54)64(50)38-23-24-42-44(33-38)59(7,8)27-26-58(42,5)6/h15-25,30-35H,26-29H2,1-14H3. The Kier molecular flexibility index (Phi) is 8.55. The molecule has 0 spiro atoms. The average Bonchev–Trinajstić information content (AvgIpc) is 3.74. The van der Waals surface area contributed by atoms with Gasteiger partial charge in [-0.3, -0.25) is 0 Å². The molecule has 7 aromatic rings. The largest absolute Gasteiger partial charge is 0.311 e. The molecular formula is C62H67BN2S. The van der Waals surface area contributed by atoms with Crippen LogP contribution in [-0.2, 0) is 32.5 Å². The van der Waals surface area contributed by atoms with Crippen LogP contribution in [0.4, 0.5) is 33.4 Å². The minimum Gasteiger partial charge on any atom is -0.311 e. The number of aryl methyl sites for hydroxylation is 1. The number of fused-ring (bicyclic) bond motifs is 11. The summed E-state index contributed by atoms with van der Waals surface area (Å²) < 4.78 is 1.41. The number of hydrogen-bond acceptors (Lipinski definition) is 3. The van der Waals surface area contributed by atoms with Crippen LogP contribution in [0.1, 0.15) is 160 Å². The minimum atomic E-state index is -0.108. The molecule has 6 aromatic carbocycles. The molecule has 0 bridgehead atoms. The molecule has 0 atom stereocenters. The first-order chi connectivity index (χ1) is 31.0. The van der Waals surface area contributed by atoms with Gasteiger partial charge in [0.1, 0.15) is 0 Å². The Morgan fingerprint density at radius 2 is 1.12 bits per heavy atom. The highest BCUT2D eigenvalue weighted by Crippen LogP contribution is 2.57. The molecule has 3 heterocycles. The Morgan fingerprint density at radius 3 is 1.80 bits per heavy atom. The summed E-state index contributed by atoms with van der Waals surface area (Å²) in [6.07, 6.45) is 4.80. The van der Waals surface area contributed by atoms with E-state index in [0.29, 0.717) is 0 Å². The molecule has 1 aromatic heterocycles. The first-order valence-corrected chi connectivity index (χ1v) is 25.7. The van der Waals surface area contributed by atoms with Gasteiger partial charge in [0.25, 0.3) is 6.71 Å². The van der Waals surface area contributed by atoms with E-state index in [9.17, 15) is 0 Å². The summed E-state index contributed by atoms with van der Waals surface area (Å²) in [5.41, 5.74) is 25.4. The first-order valence-electron chi connectivity index (χ1n) is 24.9. The molecule has 0 radical (unpaired) electrons. The molecule has 66 heavy (non-hydrogen) atoms. The van der Waals surface area contributed by atoms with E-state index < -0.39 is 0 Å². The van der Waals surface area contributed by atoms with Crippen molar-refractivity contribution in [2.45, 2.75) is 155 Å². The van der Waals surface area contributed by atoms with E-state index >= 15 is 0 Å². The Morgan fingerprint density at radius 1 is 0.515 bits per heavy atom. The van der Waals surface area contributed by atoms with Gasteiger partial charge in [0, 0.05) is 38.4 Å². The molecule has 2 aliphatic heterocycles. The Balaban J connectivity index is 1.22. The van der Waals surface area contributed by atoms with Crippen LogP contribution in [0, 0.1) is 6.92 Å². The lowest BCUT2D eigenvalue weighted by molar-refractivity contribution is 0.332. The van der Waals surface area contributed by atoms with Gasteiger partial charge in [-0.05, 0) is 180 Å². The monoisotopic (exact) mass is 883 g/mol. The van der Waals surface area contributed by atoms with Gasteiger partial charge in [-0.25, -0.2) is 0 Å². The highest BCUT2D eigenvalue weighted by atomic mass is 32.1. The third kappa shape index (κ3) is 5.72. The molecule has 3 aliphatic carbocycles. The highest BCUT2D eigenvalue weighted by Gasteiger charge is 2.49. The van der Waals surface area contributed by atoms with Crippen LogP contribution in [0.25, 0.3) is 21.2 Å². The zero-order valence-corrected chi connectivity index (χ0v) is 42.8. The SMILES string of the molecule is Cc1cc2c3c(c1)N(c1ccc4c(c1)C(C)(C)CCC4(C)C)c1sc4cc5c(cc4c1B3c1cc(C(C)(C)C)ccc1N2c1cccc2c1-c1ccccc1C2(C)C)C(C)(C)CCC5(C)C. The third-order valence-electron chi connectivity index (χ3n) is 17.6. The van der Waals surface area contributed by atoms with Crippen LogP contribution in [0.5, 0.6) is 0 Å². The molecule has 334 valence electrons. The normalized spacial score (nSPS) is 19.6. The van der Waals surface area contributed by atoms with Crippen LogP contribution < -0.4 is 26.2 Å². The summed E-state index contributed by atoms with van der Waals surface area (Å²) in [4.78, 5) is 5.41. The Hall–Kier alpha value is -5.06. The van der Waals surface area contributed by atoms with Crippen molar-refractivity contribution in [3.05, 3.63) is 148 Å². The molecule has 12 rings (SSSR count). The Labute approximate surface area is 399 Å². The van der Waals surface area contributed by atoms with Gasteiger partial charge >= 0.3 is 0 Å². The summed E-state index contributed by atoms with van der Waals surface area (Å²) in [6.45, 7) is 34.1. The average molecular weight is 883 g/mol. The van der Waals surface area contributed by atoms with E-state index in [0.717, 1.165) is 0 Å². The number of thiophene rings is 1. The van der Waals surface area contributed by atoms with Crippen molar-refractivity contribution in [1.82, 2.24) is 0 Å². The highest BCUT2D eigenvalue weighted by molar-refractivity contribution is 7.26. The number of hydrogen-bond donors (Lipinski definition) is 0. The van der Waals surface area contributed by atoms with Gasteiger partial charge in [0.15, 0.2) is 0 Å². The van der Waals surface area contributed by atoms with Crippen molar-refractivity contribution in [2.75, 3.05) is 9.80 Å². The van der Waals surface area contributed by atoms with Gasteiger partial charge in [-0.15, -0.1) is 11.3 Å². The number of rotatable bonds is 2. The molecule has 0 fully saturated rings. The van der Waals surface area contributed by atoms with Crippen molar-refractivity contribution in [3.8, 4) is 11.1 Å². The van der Waals surface area contributed by atoms with Crippen LogP contribution in [0.3, 0.4) is 0 Å². The first kappa shape index (κ1) is 42.3. The zero-order chi connectivity index (χ0) is 46.4. The fourth-order valence-electron chi connectivity index (χ4n) is 13.3. The minimum absolute atomic E-state index is 0.0220. The fraction of sp³-hybridized carbons (Fsp3) is 0.387. The van der Waals surface area contributed by atoms with Crippen LogP contribution >= 0.6 is 11.3 Å². The van der Waals surface area contributed by atoms with E-state index in [2.05, 4.69) is 210 Å². The van der Waals surface area contributed by atoms with E-state index in [1.807, 2.05) is 11.3 Å². The summed E-state index contributed by atoms with van der Waals surface area (Å²) >= 11 is 2.03. The predicted molar refractivity (Wildman–Crippen MR) is 287 cm³/mol. The second-order valence-electron chi connectivity index (χ2n) is 25.2. The van der Waals surface area contributed by atoms with E-state index in [1.165, 1.54) is 141 Å². The molecule has 5 aliphatic rings. The van der Waals surface area contributed by atoms with Crippen LogP contribution in [-0.4, -0.2) is 6.71 Å². The smallest absolute Gasteiger partial charge is 0.254 e. The lowest BCUT2D eigenvalue weighted by Gasteiger charge is -2.45. The van der Waals surface area contributed by atoms with Gasteiger partial charge in [0.05, 0.1) is 10.7 Å². The lowest BCUT2D eigenvalue weighted by atomic mass is 9.33. The van der Waals surface area contributed by atoms with E-state index in [1.54, 1.807) is 0 Å². The van der Waals surface area contributed by atoms with Crippen LogP contribution in [0.15, 0.2) is 103 Å². The summed E-state index contributed by atoms with van der Waals surface area (Å²) in [5.74, 6) is 0. The van der Waals surface area contributed by atoms with E-state index in [4.69, 9.17) is 0 Å². The maximum Gasteiger partial charge on any atom is 0.254 e. The summed E-state index contributed by atoms with van der Waals surface area (Å²) in [5, 5.41) is 2.81. The molecule has 0 saturated heterocycles. The van der Waals surface area contributed by atoms with Crippen LogP contribution in [0.2, 0.25) is 0 Å². The third-order valence-corrected chi connectivity index (χ3v) is 18.7. The molecule has 0 saturated carbocycles. The van der Waals surface area contributed by atoms with Gasteiger partial charge < -0.3 is 9.80 Å². The molecule has 0 N–H and O–H groups in total. The van der Waals surface area contributed by atoms with Crippen molar-refractivity contribution in [1.29, 1.82) is 0 Å². The number of anilines is 6.